The van der Waals surface area contributed by atoms with Gasteiger partial charge >= 0.3 is 6.03 Å². The molecule has 4 nitrogen and oxygen atoms in total. The van der Waals surface area contributed by atoms with Crippen molar-refractivity contribution in [1.29, 1.82) is 0 Å². The second kappa shape index (κ2) is 6.63. The molecule has 0 unspecified atom stereocenters. The highest BCUT2D eigenvalue weighted by molar-refractivity contribution is 7.10. The number of rotatable bonds is 4. The quantitative estimate of drug-likeness (QED) is 0.895. The minimum atomic E-state index is -0.265. The Morgan fingerprint density at radius 2 is 2.20 bits per heavy atom. The van der Waals surface area contributed by atoms with Gasteiger partial charge in [0.25, 0.3) is 0 Å². The number of anilines is 1. The van der Waals surface area contributed by atoms with Crippen molar-refractivity contribution >= 4 is 34.7 Å². The molecule has 106 valence electrons. The van der Waals surface area contributed by atoms with Gasteiger partial charge in [-0.15, -0.1) is 11.3 Å². The van der Waals surface area contributed by atoms with Crippen molar-refractivity contribution in [2.45, 2.75) is 13.5 Å². The van der Waals surface area contributed by atoms with Crippen LogP contribution in [0.1, 0.15) is 10.4 Å². The highest BCUT2D eigenvalue weighted by Gasteiger charge is 2.06. The van der Waals surface area contributed by atoms with Crippen LogP contribution < -0.4 is 15.4 Å². The summed E-state index contributed by atoms with van der Waals surface area (Å²) in [5.74, 6) is 0.576. The summed E-state index contributed by atoms with van der Waals surface area (Å²) < 4.78 is 5.06. The molecule has 2 rings (SSSR count). The van der Waals surface area contributed by atoms with Gasteiger partial charge in [-0.3, -0.25) is 0 Å². The fraction of sp³-hybridized carbons (Fsp3) is 0.214. The number of aryl methyl sites for hydroxylation is 1. The third kappa shape index (κ3) is 3.65. The van der Waals surface area contributed by atoms with E-state index in [0.29, 0.717) is 23.0 Å². The van der Waals surface area contributed by atoms with Crippen LogP contribution in [0.15, 0.2) is 29.6 Å². The molecule has 2 amide bonds. The number of carbonyl (C=O) groups excluding carboxylic acids is 1. The van der Waals surface area contributed by atoms with Gasteiger partial charge in [-0.25, -0.2) is 4.79 Å². The number of urea groups is 1. The van der Waals surface area contributed by atoms with Crippen molar-refractivity contribution in [2.75, 3.05) is 12.4 Å². The minimum Gasteiger partial charge on any atom is -0.495 e. The Kier molecular flexibility index (Phi) is 4.87. The van der Waals surface area contributed by atoms with E-state index < -0.39 is 0 Å². The van der Waals surface area contributed by atoms with E-state index in [-0.39, 0.29) is 6.03 Å². The molecule has 2 N–H and O–H groups in total. The maximum Gasteiger partial charge on any atom is 0.319 e. The zero-order chi connectivity index (χ0) is 14.5. The monoisotopic (exact) mass is 310 g/mol. The number of hydrogen-bond acceptors (Lipinski definition) is 3. The average Bonchev–Trinajstić information content (AvgIpc) is 2.82. The van der Waals surface area contributed by atoms with E-state index in [2.05, 4.69) is 10.6 Å². The fourth-order valence-corrected chi connectivity index (χ4v) is 2.77. The molecule has 1 aromatic carbocycles. The highest BCUT2D eigenvalue weighted by Crippen LogP contribution is 2.27. The van der Waals surface area contributed by atoms with Gasteiger partial charge in [0.15, 0.2) is 0 Å². The third-order valence-corrected chi connectivity index (χ3v) is 4.11. The summed E-state index contributed by atoms with van der Waals surface area (Å²) in [5, 5.41) is 8.00. The van der Waals surface area contributed by atoms with Crippen molar-refractivity contribution in [3.63, 3.8) is 0 Å². The molecule has 0 saturated carbocycles. The Bertz CT molecular complexity index is 613. The van der Waals surface area contributed by atoms with E-state index in [9.17, 15) is 4.79 Å². The number of halogens is 1. The smallest absolute Gasteiger partial charge is 0.319 e. The van der Waals surface area contributed by atoms with E-state index in [0.717, 1.165) is 4.88 Å². The first-order chi connectivity index (χ1) is 9.60. The summed E-state index contributed by atoms with van der Waals surface area (Å²) in [5.41, 5.74) is 1.80. The highest BCUT2D eigenvalue weighted by atomic mass is 35.5. The van der Waals surface area contributed by atoms with Crippen molar-refractivity contribution in [2.24, 2.45) is 0 Å². The molecule has 1 aromatic heterocycles. The predicted molar refractivity (Wildman–Crippen MR) is 82.9 cm³/mol. The fourth-order valence-electron chi connectivity index (χ4n) is 1.67. The predicted octanol–water partition coefficient (Wildman–Crippen LogP) is 4.04. The Balaban J connectivity index is 1.91. The number of amides is 2. The van der Waals surface area contributed by atoms with Crippen molar-refractivity contribution in [1.82, 2.24) is 5.32 Å². The van der Waals surface area contributed by atoms with Crippen LogP contribution in [0.3, 0.4) is 0 Å². The van der Waals surface area contributed by atoms with Crippen LogP contribution in [0.5, 0.6) is 5.75 Å². The zero-order valence-corrected chi connectivity index (χ0v) is 12.8. The first-order valence-corrected chi connectivity index (χ1v) is 7.27. The summed E-state index contributed by atoms with van der Waals surface area (Å²) in [7, 11) is 1.55. The molecular formula is C14H15ClN2O2S. The van der Waals surface area contributed by atoms with Gasteiger partial charge < -0.3 is 15.4 Å². The van der Waals surface area contributed by atoms with Crippen LogP contribution in [-0.4, -0.2) is 13.1 Å². The molecule has 0 bridgehead atoms. The van der Waals surface area contributed by atoms with Gasteiger partial charge in [-0.05, 0) is 42.1 Å². The topological polar surface area (TPSA) is 50.4 Å². The summed E-state index contributed by atoms with van der Waals surface area (Å²) in [6.07, 6.45) is 0. The maximum atomic E-state index is 11.8. The summed E-state index contributed by atoms with van der Waals surface area (Å²) in [6, 6.07) is 6.86. The van der Waals surface area contributed by atoms with Crippen LogP contribution >= 0.6 is 22.9 Å². The Labute approximate surface area is 126 Å². The third-order valence-electron chi connectivity index (χ3n) is 2.79. The molecule has 6 heteroatoms. The molecule has 0 fully saturated rings. The lowest BCUT2D eigenvalue weighted by molar-refractivity contribution is 0.252. The minimum absolute atomic E-state index is 0.265. The standard InChI is InChI=1S/C14H15ClN2O2S/c1-9-5-6-20-13(9)8-16-14(18)17-10-3-4-12(19-2)11(15)7-10/h3-7H,8H2,1-2H3,(H2,16,17,18). The van der Waals surface area contributed by atoms with E-state index in [1.54, 1.807) is 36.6 Å². The molecule has 0 aliphatic rings. The van der Waals surface area contributed by atoms with Gasteiger partial charge in [0.2, 0.25) is 0 Å². The molecular weight excluding hydrogens is 296 g/mol. The first-order valence-electron chi connectivity index (χ1n) is 6.01. The van der Waals surface area contributed by atoms with Crippen molar-refractivity contribution in [3.8, 4) is 5.75 Å². The Morgan fingerprint density at radius 1 is 1.40 bits per heavy atom. The molecule has 0 saturated heterocycles. The SMILES string of the molecule is COc1ccc(NC(=O)NCc2sccc2C)cc1Cl. The van der Waals surface area contributed by atoms with Gasteiger partial charge in [-0.2, -0.15) is 0 Å². The number of nitrogens with one attached hydrogen (secondary N) is 2. The summed E-state index contributed by atoms with van der Waals surface area (Å²) in [4.78, 5) is 12.9. The lowest BCUT2D eigenvalue weighted by Crippen LogP contribution is -2.28. The van der Waals surface area contributed by atoms with Gasteiger partial charge in [0.1, 0.15) is 5.75 Å². The van der Waals surface area contributed by atoms with Gasteiger partial charge in [0, 0.05) is 10.6 Å². The van der Waals surface area contributed by atoms with Crippen LogP contribution in [0.2, 0.25) is 5.02 Å². The zero-order valence-electron chi connectivity index (χ0n) is 11.2. The Morgan fingerprint density at radius 3 is 2.80 bits per heavy atom. The normalized spacial score (nSPS) is 10.2. The van der Waals surface area contributed by atoms with Crippen LogP contribution in [0.4, 0.5) is 10.5 Å². The molecule has 20 heavy (non-hydrogen) atoms. The van der Waals surface area contributed by atoms with Crippen molar-refractivity contribution in [3.05, 3.63) is 45.1 Å². The van der Waals surface area contributed by atoms with E-state index in [1.165, 1.54) is 5.56 Å². The van der Waals surface area contributed by atoms with Crippen LogP contribution in [0, 0.1) is 6.92 Å². The summed E-state index contributed by atoms with van der Waals surface area (Å²) >= 11 is 7.62. The largest absolute Gasteiger partial charge is 0.495 e. The van der Waals surface area contributed by atoms with Gasteiger partial charge in [0.05, 0.1) is 18.7 Å². The molecule has 0 aliphatic heterocycles. The number of benzene rings is 1. The van der Waals surface area contributed by atoms with Crippen LogP contribution in [-0.2, 0) is 6.54 Å². The van der Waals surface area contributed by atoms with Gasteiger partial charge in [-0.1, -0.05) is 11.6 Å². The Hall–Kier alpha value is -1.72. The lowest BCUT2D eigenvalue weighted by atomic mass is 10.3. The second-order valence-electron chi connectivity index (χ2n) is 4.18. The number of methoxy groups -OCH3 is 1. The van der Waals surface area contributed by atoms with Crippen LogP contribution in [0.25, 0.3) is 0 Å². The van der Waals surface area contributed by atoms with E-state index >= 15 is 0 Å². The molecule has 2 aromatic rings. The molecule has 1 heterocycles. The average molecular weight is 311 g/mol. The number of hydrogen-bond donors (Lipinski definition) is 2. The lowest BCUT2D eigenvalue weighted by Gasteiger charge is -2.09. The first kappa shape index (κ1) is 14.7. The number of ether oxygens (including phenoxy) is 1. The number of carbonyl (C=O) groups is 1. The van der Waals surface area contributed by atoms with Crippen molar-refractivity contribution < 1.29 is 9.53 Å². The maximum absolute atomic E-state index is 11.8. The molecule has 0 spiro atoms. The molecule has 0 atom stereocenters. The van der Waals surface area contributed by atoms with E-state index in [1.807, 2.05) is 18.4 Å². The van der Waals surface area contributed by atoms with E-state index in [4.69, 9.17) is 16.3 Å². The second-order valence-corrected chi connectivity index (χ2v) is 5.59. The summed E-state index contributed by atoms with van der Waals surface area (Å²) in [6.45, 7) is 2.54. The molecule has 0 aliphatic carbocycles. The molecule has 0 radical (unpaired) electrons. The number of thiophene rings is 1.